The molecule has 30 heavy (non-hydrogen) atoms. The number of carbonyl (C=O) groups excluding carboxylic acids is 1. The predicted molar refractivity (Wildman–Crippen MR) is 112 cm³/mol. The molecule has 0 N–H and O–H groups in total. The third-order valence-electron chi connectivity index (χ3n) is 5.84. The molecular weight excluding hydrogens is 405 g/mol. The summed E-state index contributed by atoms with van der Waals surface area (Å²) in [5.41, 5.74) is 0.927. The highest BCUT2D eigenvalue weighted by Gasteiger charge is 2.36. The Morgan fingerprint density at radius 3 is 2.17 bits per heavy atom. The Hall–Kier alpha value is -2.29. The molecule has 0 saturated carbocycles. The Labute approximate surface area is 176 Å². The van der Waals surface area contributed by atoms with Crippen LogP contribution in [0.4, 0.5) is 4.39 Å². The molecule has 2 aromatic carbocycles. The van der Waals surface area contributed by atoms with E-state index in [9.17, 15) is 17.6 Å². The number of benzene rings is 2. The van der Waals surface area contributed by atoms with Crippen LogP contribution in [-0.4, -0.2) is 67.7 Å². The molecule has 0 aromatic heterocycles. The first-order valence-corrected chi connectivity index (χ1v) is 11.7. The molecule has 2 aromatic rings. The number of likely N-dealkylation sites (tertiary alicyclic amines) is 1. The van der Waals surface area contributed by atoms with E-state index in [-0.39, 0.29) is 23.9 Å². The molecule has 0 aliphatic carbocycles. The molecule has 0 radical (unpaired) electrons. The number of sulfonamides is 1. The molecule has 2 aliphatic rings. The number of hydrogen-bond donors (Lipinski definition) is 0. The fourth-order valence-corrected chi connectivity index (χ4v) is 5.69. The number of rotatable bonds is 5. The minimum Gasteiger partial charge on any atom is -0.341 e. The van der Waals surface area contributed by atoms with Gasteiger partial charge in [-0.15, -0.1) is 0 Å². The van der Waals surface area contributed by atoms with Gasteiger partial charge in [-0.05, 0) is 36.6 Å². The van der Waals surface area contributed by atoms with Crippen molar-refractivity contribution >= 4 is 15.9 Å². The summed E-state index contributed by atoms with van der Waals surface area (Å²) in [4.78, 5) is 17.2. The van der Waals surface area contributed by atoms with E-state index in [0.717, 1.165) is 37.6 Å². The van der Waals surface area contributed by atoms with Crippen molar-refractivity contribution in [3.63, 3.8) is 0 Å². The van der Waals surface area contributed by atoms with Crippen molar-refractivity contribution in [3.05, 3.63) is 66.0 Å². The predicted octanol–water partition coefficient (Wildman–Crippen LogP) is 2.50. The molecular formula is C22H26FN3O3S. The van der Waals surface area contributed by atoms with Crippen LogP contribution in [0.25, 0.3) is 0 Å². The lowest BCUT2D eigenvalue weighted by Gasteiger charge is -2.39. The topological polar surface area (TPSA) is 60.9 Å². The maximum Gasteiger partial charge on any atom is 0.244 e. The number of hydrogen-bond acceptors (Lipinski definition) is 4. The van der Waals surface area contributed by atoms with Gasteiger partial charge in [0.25, 0.3) is 0 Å². The van der Waals surface area contributed by atoms with Crippen molar-refractivity contribution in [2.45, 2.75) is 23.8 Å². The second-order valence-electron chi connectivity index (χ2n) is 7.74. The largest absolute Gasteiger partial charge is 0.341 e. The average Bonchev–Trinajstić information content (AvgIpc) is 3.30. The van der Waals surface area contributed by atoms with Gasteiger partial charge in [-0.1, -0.05) is 36.4 Å². The Balaban J connectivity index is 1.52. The zero-order valence-electron chi connectivity index (χ0n) is 16.8. The zero-order valence-corrected chi connectivity index (χ0v) is 17.6. The summed E-state index contributed by atoms with van der Waals surface area (Å²) in [5.74, 6) is -0.491. The van der Waals surface area contributed by atoms with Crippen LogP contribution in [0.1, 0.15) is 24.4 Å². The average molecular weight is 432 g/mol. The number of halogens is 1. The summed E-state index contributed by atoms with van der Waals surface area (Å²) in [6.07, 6.45) is 2.04. The number of amides is 1. The minimum atomic E-state index is -3.76. The molecule has 2 saturated heterocycles. The second-order valence-corrected chi connectivity index (χ2v) is 9.68. The van der Waals surface area contributed by atoms with Crippen molar-refractivity contribution < 1.29 is 17.6 Å². The van der Waals surface area contributed by atoms with Crippen molar-refractivity contribution in [3.8, 4) is 0 Å². The highest BCUT2D eigenvalue weighted by atomic mass is 32.2. The maximum atomic E-state index is 13.5. The van der Waals surface area contributed by atoms with E-state index < -0.39 is 21.9 Å². The molecule has 0 spiro atoms. The van der Waals surface area contributed by atoms with E-state index >= 15 is 0 Å². The molecule has 2 fully saturated rings. The van der Waals surface area contributed by atoms with E-state index in [1.54, 1.807) is 0 Å². The van der Waals surface area contributed by atoms with Crippen molar-refractivity contribution in [1.29, 1.82) is 0 Å². The lowest BCUT2D eigenvalue weighted by atomic mass is 10.0. The summed E-state index contributed by atoms with van der Waals surface area (Å²) in [6, 6.07) is 14.3. The highest BCUT2D eigenvalue weighted by Crippen LogP contribution is 2.28. The van der Waals surface area contributed by atoms with Crippen LogP contribution < -0.4 is 0 Å². The quantitative estimate of drug-likeness (QED) is 0.730. The number of nitrogens with zero attached hydrogens (tertiary/aromatic N) is 3. The van der Waals surface area contributed by atoms with Crippen LogP contribution in [0.2, 0.25) is 0 Å². The van der Waals surface area contributed by atoms with Gasteiger partial charge in [0, 0.05) is 39.3 Å². The van der Waals surface area contributed by atoms with Crippen molar-refractivity contribution in [2.75, 3.05) is 39.3 Å². The van der Waals surface area contributed by atoms with Gasteiger partial charge >= 0.3 is 0 Å². The molecule has 2 aliphatic heterocycles. The number of piperazine rings is 1. The monoisotopic (exact) mass is 431 g/mol. The standard InChI is InChI=1S/C22H26FN3O3S/c23-19-9-6-10-20(17-19)30(28,29)26-15-13-24(14-16-26)21(18-7-2-1-3-8-18)22(27)25-11-4-5-12-25/h1-3,6-10,17,21H,4-5,11-16H2. The summed E-state index contributed by atoms with van der Waals surface area (Å²) in [7, 11) is -3.76. The smallest absolute Gasteiger partial charge is 0.244 e. The van der Waals surface area contributed by atoms with Gasteiger partial charge < -0.3 is 4.90 Å². The number of carbonyl (C=O) groups is 1. The Bertz CT molecular complexity index is 986. The fraction of sp³-hybridized carbons (Fsp3) is 0.409. The van der Waals surface area contributed by atoms with E-state index in [2.05, 4.69) is 4.90 Å². The van der Waals surface area contributed by atoms with Crippen LogP contribution >= 0.6 is 0 Å². The van der Waals surface area contributed by atoms with Crippen molar-refractivity contribution in [2.24, 2.45) is 0 Å². The van der Waals surface area contributed by atoms with E-state index in [0.29, 0.717) is 13.1 Å². The third kappa shape index (κ3) is 4.26. The Morgan fingerprint density at radius 1 is 0.867 bits per heavy atom. The molecule has 2 heterocycles. The first-order valence-electron chi connectivity index (χ1n) is 10.3. The first-order chi connectivity index (χ1) is 14.5. The SMILES string of the molecule is O=C(C(c1ccccc1)N1CCN(S(=O)(=O)c2cccc(F)c2)CC1)N1CCCC1. The van der Waals surface area contributed by atoms with Crippen LogP contribution in [0, 0.1) is 5.82 Å². The molecule has 4 rings (SSSR count). The Kier molecular flexibility index (Phi) is 6.17. The van der Waals surface area contributed by atoms with Gasteiger partial charge in [0.1, 0.15) is 11.9 Å². The Morgan fingerprint density at radius 2 is 1.53 bits per heavy atom. The van der Waals surface area contributed by atoms with Gasteiger partial charge in [0.15, 0.2) is 0 Å². The van der Waals surface area contributed by atoms with E-state index in [1.807, 2.05) is 35.2 Å². The summed E-state index contributed by atoms with van der Waals surface area (Å²) < 4.78 is 40.7. The van der Waals surface area contributed by atoms with Gasteiger partial charge in [0.05, 0.1) is 4.90 Å². The van der Waals surface area contributed by atoms with E-state index in [4.69, 9.17) is 0 Å². The lowest BCUT2D eigenvalue weighted by molar-refractivity contribution is -0.136. The molecule has 1 atom stereocenters. The molecule has 0 bridgehead atoms. The van der Waals surface area contributed by atoms with Crippen molar-refractivity contribution in [1.82, 2.24) is 14.1 Å². The normalized spacial score (nSPS) is 19.7. The van der Waals surface area contributed by atoms with Crippen LogP contribution in [0.15, 0.2) is 59.5 Å². The van der Waals surface area contributed by atoms with Gasteiger partial charge in [-0.25, -0.2) is 12.8 Å². The van der Waals surface area contributed by atoms with Crippen LogP contribution in [0.5, 0.6) is 0 Å². The van der Waals surface area contributed by atoms with Crippen LogP contribution in [0.3, 0.4) is 0 Å². The fourth-order valence-electron chi connectivity index (χ4n) is 4.23. The van der Waals surface area contributed by atoms with Gasteiger partial charge in [-0.2, -0.15) is 4.31 Å². The zero-order chi connectivity index (χ0) is 21.1. The maximum absolute atomic E-state index is 13.5. The first kappa shape index (κ1) is 21.0. The van der Waals surface area contributed by atoms with Gasteiger partial charge in [0.2, 0.25) is 15.9 Å². The molecule has 6 nitrogen and oxygen atoms in total. The molecule has 1 unspecified atom stereocenters. The minimum absolute atomic E-state index is 0.0382. The van der Waals surface area contributed by atoms with Gasteiger partial charge in [-0.3, -0.25) is 9.69 Å². The molecule has 160 valence electrons. The third-order valence-corrected chi connectivity index (χ3v) is 7.73. The molecule has 8 heteroatoms. The summed E-state index contributed by atoms with van der Waals surface area (Å²) in [6.45, 7) is 2.94. The summed E-state index contributed by atoms with van der Waals surface area (Å²) in [5, 5.41) is 0. The second kappa shape index (κ2) is 8.83. The highest BCUT2D eigenvalue weighted by molar-refractivity contribution is 7.89. The molecule has 1 amide bonds. The van der Waals surface area contributed by atoms with E-state index in [1.165, 1.54) is 22.5 Å². The lowest BCUT2D eigenvalue weighted by Crippen LogP contribution is -2.52. The summed E-state index contributed by atoms with van der Waals surface area (Å²) >= 11 is 0. The van der Waals surface area contributed by atoms with Crippen LogP contribution in [-0.2, 0) is 14.8 Å².